The zero-order valence-electron chi connectivity index (χ0n) is 35.0. The minimum atomic E-state index is -0.389. The van der Waals surface area contributed by atoms with Gasteiger partial charge in [0, 0.05) is 34.4 Å². The van der Waals surface area contributed by atoms with Crippen molar-refractivity contribution >= 4 is 44.8 Å². The molecule has 3 aliphatic carbocycles. The minimum Gasteiger partial charge on any atom is -0.355 e. The summed E-state index contributed by atoms with van der Waals surface area (Å²) < 4.78 is 0. The smallest absolute Gasteiger partial charge is 0.0677 e. The first-order valence-corrected chi connectivity index (χ1v) is 22.0. The summed E-state index contributed by atoms with van der Waals surface area (Å²) in [7, 11) is 0. The van der Waals surface area contributed by atoms with Crippen LogP contribution < -0.4 is 10.2 Å². The van der Waals surface area contributed by atoms with E-state index in [0.717, 1.165) is 41.3 Å². The fourth-order valence-corrected chi connectivity index (χ4v) is 10.5. The number of para-hydroxylation sites is 1. The zero-order chi connectivity index (χ0) is 41.5. The number of hydrogen-bond donors (Lipinski definition) is 1. The second kappa shape index (κ2) is 15.9. The van der Waals surface area contributed by atoms with Gasteiger partial charge >= 0.3 is 0 Å². The largest absolute Gasteiger partial charge is 0.355 e. The van der Waals surface area contributed by atoms with Crippen molar-refractivity contribution in [3.8, 4) is 11.1 Å². The lowest BCUT2D eigenvalue weighted by atomic mass is 9.65. The molecule has 298 valence electrons. The van der Waals surface area contributed by atoms with Crippen molar-refractivity contribution in [2.75, 3.05) is 10.2 Å². The van der Waals surface area contributed by atoms with Gasteiger partial charge < -0.3 is 10.2 Å². The van der Waals surface area contributed by atoms with Gasteiger partial charge in [-0.1, -0.05) is 183 Å². The predicted octanol–water partition coefficient (Wildman–Crippen LogP) is 16.0. The van der Waals surface area contributed by atoms with Crippen molar-refractivity contribution in [1.82, 2.24) is 0 Å². The Hall–Kier alpha value is -7.42. The van der Waals surface area contributed by atoms with Crippen molar-refractivity contribution in [3.63, 3.8) is 0 Å². The number of fused-ring (bicyclic) bond motifs is 3. The van der Waals surface area contributed by atoms with Crippen molar-refractivity contribution < 1.29 is 0 Å². The Bertz CT molecular complexity index is 2990. The summed E-state index contributed by atoms with van der Waals surface area (Å²) in [6, 6.07) is 71.4. The minimum absolute atomic E-state index is 0.299. The Labute approximate surface area is 365 Å². The monoisotopic (exact) mass is 796 g/mol. The van der Waals surface area contributed by atoms with Gasteiger partial charge in [-0.3, -0.25) is 0 Å². The van der Waals surface area contributed by atoms with Crippen LogP contribution in [0.1, 0.15) is 53.5 Å². The molecule has 62 heavy (non-hydrogen) atoms. The fourth-order valence-electron chi connectivity index (χ4n) is 10.5. The van der Waals surface area contributed by atoms with Crippen LogP contribution in [0.2, 0.25) is 0 Å². The van der Waals surface area contributed by atoms with E-state index in [1.165, 1.54) is 60.9 Å². The van der Waals surface area contributed by atoms with E-state index in [0.29, 0.717) is 11.8 Å². The summed E-state index contributed by atoms with van der Waals surface area (Å²) in [5.41, 5.74) is 17.1. The average Bonchev–Trinajstić information content (AvgIpc) is 3.64. The van der Waals surface area contributed by atoms with Crippen LogP contribution in [-0.4, -0.2) is 0 Å². The summed E-state index contributed by atoms with van der Waals surface area (Å²) in [4.78, 5) is 2.41. The zero-order valence-corrected chi connectivity index (χ0v) is 35.0. The summed E-state index contributed by atoms with van der Waals surface area (Å²) in [5, 5.41) is 6.38. The molecule has 0 bridgehead atoms. The highest BCUT2D eigenvalue weighted by Gasteiger charge is 2.47. The Kier molecular flexibility index (Phi) is 9.62. The highest BCUT2D eigenvalue weighted by molar-refractivity contribution is 5.94. The number of nitrogens with zero attached hydrogens (tertiary/aromatic N) is 1. The molecular weight excluding hydrogens is 749 g/mol. The SMILES string of the molecule is CC1C=CC=CC1c1c(Nc2ccc(-c3ccc(N(c4ccccc4)c4ccc5c(c4)C(c4ccccc4)(c4ccccc4)C4=C5C=CCC4)cc3)cc2)ccc2ccccc12. The van der Waals surface area contributed by atoms with Gasteiger partial charge in [-0.2, -0.15) is 0 Å². The number of allylic oxidation sites excluding steroid dienone is 8. The van der Waals surface area contributed by atoms with Crippen LogP contribution in [0.3, 0.4) is 0 Å². The third kappa shape index (κ3) is 6.42. The molecule has 0 fully saturated rings. The molecule has 1 N–H and O–H groups in total. The molecule has 2 heteroatoms. The average molecular weight is 797 g/mol. The van der Waals surface area contributed by atoms with E-state index in [4.69, 9.17) is 0 Å². The number of anilines is 5. The lowest BCUT2D eigenvalue weighted by Crippen LogP contribution is -2.30. The lowest BCUT2D eigenvalue weighted by Gasteiger charge is -2.37. The van der Waals surface area contributed by atoms with E-state index < -0.39 is 0 Å². The van der Waals surface area contributed by atoms with Crippen LogP contribution in [0.5, 0.6) is 0 Å². The van der Waals surface area contributed by atoms with Crippen LogP contribution in [-0.2, 0) is 5.41 Å². The summed E-state index contributed by atoms with van der Waals surface area (Å²) in [6.45, 7) is 2.31. The molecule has 2 atom stereocenters. The molecule has 11 rings (SSSR count). The molecule has 3 aliphatic rings. The van der Waals surface area contributed by atoms with Crippen LogP contribution >= 0.6 is 0 Å². The van der Waals surface area contributed by atoms with E-state index in [2.05, 4.69) is 248 Å². The van der Waals surface area contributed by atoms with E-state index >= 15 is 0 Å². The molecule has 0 aliphatic heterocycles. The molecule has 0 saturated heterocycles. The van der Waals surface area contributed by atoms with Gasteiger partial charge in [0.25, 0.3) is 0 Å². The Morgan fingerprint density at radius 3 is 1.89 bits per heavy atom. The number of hydrogen-bond acceptors (Lipinski definition) is 2. The number of benzene rings is 8. The second-order valence-corrected chi connectivity index (χ2v) is 16.9. The van der Waals surface area contributed by atoms with Gasteiger partial charge in [0.2, 0.25) is 0 Å². The van der Waals surface area contributed by atoms with Crippen LogP contribution in [0.15, 0.2) is 236 Å². The molecule has 8 aromatic rings. The standard InChI is InChI=1S/C60H48N2/c1-42-17-11-13-25-52(42)59-53-26-14-12-18-45(53)33-40-58(59)61-48-34-29-43(30-35-48)44-31-36-50(37-32-44)62(49-23-9-4-10-24-49)51-38-39-55-54-27-15-16-28-56(54)60(57(55)41-51,46-19-5-2-6-20-46)47-21-7-3-8-22-47/h2-15,17-27,29-42,52,61H,16,28H2,1H3. The molecule has 8 aromatic carbocycles. The molecular formula is C60H48N2. The quantitative estimate of drug-likeness (QED) is 0.157. The van der Waals surface area contributed by atoms with Crippen molar-refractivity contribution in [1.29, 1.82) is 0 Å². The Morgan fingerprint density at radius 1 is 0.565 bits per heavy atom. The first kappa shape index (κ1) is 37.6. The molecule has 0 aromatic heterocycles. The first-order valence-electron chi connectivity index (χ1n) is 22.0. The van der Waals surface area contributed by atoms with E-state index in [9.17, 15) is 0 Å². The second-order valence-electron chi connectivity index (χ2n) is 16.9. The highest BCUT2D eigenvalue weighted by Crippen LogP contribution is 2.58. The highest BCUT2D eigenvalue weighted by atomic mass is 15.1. The summed E-state index contributed by atoms with van der Waals surface area (Å²) in [5.74, 6) is 0.710. The van der Waals surface area contributed by atoms with Crippen LogP contribution in [0, 0.1) is 5.92 Å². The maximum atomic E-state index is 3.81. The van der Waals surface area contributed by atoms with Gasteiger partial charge in [0.05, 0.1) is 5.41 Å². The van der Waals surface area contributed by atoms with Gasteiger partial charge in [-0.05, 0) is 134 Å². The van der Waals surface area contributed by atoms with Gasteiger partial charge in [0.15, 0.2) is 0 Å². The van der Waals surface area contributed by atoms with Crippen LogP contribution in [0.4, 0.5) is 28.4 Å². The maximum Gasteiger partial charge on any atom is 0.0677 e. The molecule has 0 radical (unpaired) electrons. The van der Waals surface area contributed by atoms with Crippen LogP contribution in [0.25, 0.3) is 27.5 Å². The Balaban J connectivity index is 0.945. The van der Waals surface area contributed by atoms with Gasteiger partial charge in [0.1, 0.15) is 0 Å². The number of nitrogens with one attached hydrogen (secondary N) is 1. The maximum absolute atomic E-state index is 3.81. The lowest BCUT2D eigenvalue weighted by molar-refractivity contribution is 0.640. The fraction of sp³-hybridized carbons (Fsp3) is 0.100. The third-order valence-electron chi connectivity index (χ3n) is 13.3. The van der Waals surface area contributed by atoms with E-state index in [1.54, 1.807) is 0 Å². The molecule has 0 spiro atoms. The molecule has 2 nitrogen and oxygen atoms in total. The van der Waals surface area contributed by atoms with Crippen molar-refractivity contribution in [2.45, 2.75) is 31.1 Å². The summed E-state index contributed by atoms with van der Waals surface area (Å²) >= 11 is 0. The first-order chi connectivity index (χ1) is 30.7. The number of rotatable bonds is 9. The normalized spacial score (nSPS) is 17.2. The van der Waals surface area contributed by atoms with E-state index in [1.807, 2.05) is 0 Å². The van der Waals surface area contributed by atoms with Gasteiger partial charge in [-0.15, -0.1) is 0 Å². The summed E-state index contributed by atoms with van der Waals surface area (Å²) in [6.07, 6.45) is 15.8. The van der Waals surface area contributed by atoms with Crippen molar-refractivity contribution in [3.05, 3.63) is 264 Å². The molecule has 0 amide bonds. The van der Waals surface area contributed by atoms with Gasteiger partial charge in [-0.25, -0.2) is 0 Å². The molecule has 0 heterocycles. The van der Waals surface area contributed by atoms with Crippen molar-refractivity contribution in [2.24, 2.45) is 5.92 Å². The molecule has 0 saturated carbocycles. The van der Waals surface area contributed by atoms with E-state index in [-0.39, 0.29) is 5.41 Å². The third-order valence-corrected chi connectivity index (χ3v) is 13.3. The molecule has 2 unspecified atom stereocenters. The Morgan fingerprint density at radius 2 is 1.18 bits per heavy atom. The topological polar surface area (TPSA) is 15.3 Å². The predicted molar refractivity (Wildman–Crippen MR) is 262 cm³/mol.